The molecule has 0 spiro atoms. The van der Waals surface area contributed by atoms with Gasteiger partial charge in [0, 0.05) is 0 Å². The summed E-state index contributed by atoms with van der Waals surface area (Å²) in [5.41, 5.74) is 3.15. The van der Waals surface area contributed by atoms with Gasteiger partial charge in [-0.05, 0) is 65.9 Å². The number of benzene rings is 2. The van der Waals surface area contributed by atoms with Gasteiger partial charge in [0.15, 0.2) is 0 Å². The number of tetrazole rings is 1. The molecule has 1 heterocycles. The van der Waals surface area contributed by atoms with E-state index < -0.39 is 0 Å². The Labute approximate surface area is 173 Å². The smallest absolute Gasteiger partial charge is 0.230 e. The Bertz CT molecular complexity index is 967. The quantitative estimate of drug-likeness (QED) is 0.575. The number of methoxy groups -OCH3 is 1. The van der Waals surface area contributed by atoms with Crippen molar-refractivity contribution < 1.29 is 9.53 Å². The predicted octanol–water partition coefficient (Wildman–Crippen LogP) is 3.34. The summed E-state index contributed by atoms with van der Waals surface area (Å²) in [5.74, 6) is 1.54. The van der Waals surface area contributed by atoms with Crippen LogP contribution in [0.1, 0.15) is 30.0 Å². The number of amides is 1. The van der Waals surface area contributed by atoms with Crippen molar-refractivity contribution in [2.45, 2.75) is 31.0 Å². The van der Waals surface area contributed by atoms with Crippen LogP contribution in [0.15, 0.2) is 53.7 Å². The molecule has 0 saturated heterocycles. The van der Waals surface area contributed by atoms with E-state index in [0.29, 0.717) is 11.1 Å². The zero-order valence-electron chi connectivity index (χ0n) is 16.4. The van der Waals surface area contributed by atoms with Crippen molar-refractivity contribution >= 4 is 17.7 Å². The van der Waals surface area contributed by atoms with Crippen molar-refractivity contribution in [3.8, 4) is 11.4 Å². The van der Waals surface area contributed by atoms with E-state index in [9.17, 15) is 4.79 Å². The Morgan fingerprint density at radius 3 is 2.59 bits per heavy atom. The van der Waals surface area contributed by atoms with Crippen molar-refractivity contribution in [3.63, 3.8) is 0 Å². The highest BCUT2D eigenvalue weighted by Gasteiger charge is 2.33. The minimum absolute atomic E-state index is 0.0267. The van der Waals surface area contributed by atoms with Gasteiger partial charge in [-0.2, -0.15) is 4.68 Å². The number of carbonyl (C=O) groups is 1. The number of ether oxygens (including phenoxy) is 1. The van der Waals surface area contributed by atoms with Crippen LogP contribution in [0.2, 0.25) is 0 Å². The van der Waals surface area contributed by atoms with Gasteiger partial charge in [0.25, 0.3) is 0 Å². The van der Waals surface area contributed by atoms with Crippen molar-refractivity contribution in [2.24, 2.45) is 5.92 Å². The SMILES string of the molecule is COc1ccc(C(NC(=O)CSc2nnnn2-c2ccc(C)cc2)C2CC2)cc1. The third kappa shape index (κ3) is 4.76. The van der Waals surface area contributed by atoms with Crippen molar-refractivity contribution in [3.05, 3.63) is 59.7 Å². The highest BCUT2D eigenvalue weighted by Crippen LogP contribution is 2.41. The van der Waals surface area contributed by atoms with Crippen molar-refractivity contribution in [1.29, 1.82) is 0 Å². The van der Waals surface area contributed by atoms with Crippen LogP contribution in [-0.2, 0) is 4.79 Å². The van der Waals surface area contributed by atoms with E-state index in [-0.39, 0.29) is 17.7 Å². The Hall–Kier alpha value is -2.87. The average Bonchev–Trinajstić information content (AvgIpc) is 3.48. The van der Waals surface area contributed by atoms with Gasteiger partial charge in [0.1, 0.15) is 5.75 Å². The molecule has 0 radical (unpaired) electrons. The van der Waals surface area contributed by atoms with Crippen LogP contribution >= 0.6 is 11.8 Å². The van der Waals surface area contributed by atoms with E-state index in [4.69, 9.17) is 4.74 Å². The van der Waals surface area contributed by atoms with Gasteiger partial charge in [-0.15, -0.1) is 5.10 Å². The van der Waals surface area contributed by atoms with Crippen molar-refractivity contribution in [1.82, 2.24) is 25.5 Å². The molecule has 1 aliphatic rings. The van der Waals surface area contributed by atoms with Gasteiger partial charge in [-0.3, -0.25) is 4.79 Å². The first-order valence-corrected chi connectivity index (χ1v) is 10.5. The molecule has 1 N–H and O–H groups in total. The summed E-state index contributed by atoms with van der Waals surface area (Å²) in [6.45, 7) is 2.03. The molecular formula is C21H23N5O2S. The molecule has 3 aromatic rings. The van der Waals surface area contributed by atoms with E-state index >= 15 is 0 Å². The molecule has 2 aromatic carbocycles. The number of thioether (sulfide) groups is 1. The van der Waals surface area contributed by atoms with Gasteiger partial charge in [0.2, 0.25) is 11.1 Å². The molecule has 7 nitrogen and oxygen atoms in total. The second-order valence-corrected chi connectivity index (χ2v) is 8.10. The third-order valence-electron chi connectivity index (χ3n) is 4.94. The molecule has 4 rings (SSSR count). The summed E-state index contributed by atoms with van der Waals surface area (Å²) in [6, 6.07) is 15.9. The first-order valence-electron chi connectivity index (χ1n) is 9.55. The number of nitrogens with one attached hydrogen (secondary N) is 1. The number of aryl methyl sites for hydroxylation is 1. The molecule has 1 atom stereocenters. The maximum Gasteiger partial charge on any atom is 0.230 e. The largest absolute Gasteiger partial charge is 0.497 e. The summed E-state index contributed by atoms with van der Waals surface area (Å²) < 4.78 is 6.88. The number of nitrogens with zero attached hydrogens (tertiary/aromatic N) is 4. The maximum atomic E-state index is 12.6. The predicted molar refractivity (Wildman–Crippen MR) is 111 cm³/mol. The van der Waals surface area contributed by atoms with E-state index in [1.165, 1.54) is 17.3 Å². The van der Waals surface area contributed by atoms with Crippen LogP contribution in [-0.4, -0.2) is 39.0 Å². The van der Waals surface area contributed by atoms with Crippen LogP contribution in [0, 0.1) is 12.8 Å². The highest BCUT2D eigenvalue weighted by atomic mass is 32.2. The molecular weight excluding hydrogens is 386 g/mol. The second kappa shape index (κ2) is 8.65. The van der Waals surface area contributed by atoms with Crippen LogP contribution in [0.5, 0.6) is 5.75 Å². The maximum absolute atomic E-state index is 12.6. The molecule has 29 heavy (non-hydrogen) atoms. The minimum atomic E-state index is -0.0267. The minimum Gasteiger partial charge on any atom is -0.497 e. The normalized spacial score (nSPS) is 14.4. The molecule has 1 unspecified atom stereocenters. The number of carbonyl (C=O) groups excluding carboxylic acids is 1. The Balaban J connectivity index is 1.39. The first kappa shape index (κ1) is 19.4. The number of hydrogen-bond acceptors (Lipinski definition) is 6. The van der Waals surface area contributed by atoms with E-state index in [1.807, 2.05) is 55.5 Å². The molecule has 1 aliphatic carbocycles. The standard InChI is InChI=1S/C21H23N5O2S/c1-14-3-9-17(10-4-14)26-21(23-24-25-26)29-13-19(27)22-20(15-5-6-15)16-7-11-18(28-2)12-8-16/h3-4,7-12,15,20H,5-6,13H2,1-2H3,(H,22,27). The molecule has 150 valence electrons. The van der Waals surface area contributed by atoms with Crippen LogP contribution in [0.25, 0.3) is 5.69 Å². The summed E-state index contributed by atoms with van der Waals surface area (Å²) in [5, 5.41) is 15.6. The van der Waals surface area contributed by atoms with E-state index in [0.717, 1.165) is 29.8 Å². The van der Waals surface area contributed by atoms with Crippen LogP contribution in [0.3, 0.4) is 0 Å². The van der Waals surface area contributed by atoms with E-state index in [2.05, 4.69) is 20.8 Å². The molecule has 1 fully saturated rings. The topological polar surface area (TPSA) is 81.9 Å². The lowest BCUT2D eigenvalue weighted by Crippen LogP contribution is -2.31. The fraction of sp³-hybridized carbons (Fsp3) is 0.333. The Morgan fingerprint density at radius 1 is 1.21 bits per heavy atom. The van der Waals surface area contributed by atoms with Gasteiger partial charge >= 0.3 is 0 Å². The number of aromatic nitrogens is 4. The fourth-order valence-electron chi connectivity index (χ4n) is 3.18. The molecule has 0 aliphatic heterocycles. The molecule has 1 aromatic heterocycles. The third-order valence-corrected chi connectivity index (χ3v) is 5.86. The zero-order valence-corrected chi connectivity index (χ0v) is 17.2. The summed E-state index contributed by atoms with van der Waals surface area (Å²) in [7, 11) is 1.65. The monoisotopic (exact) mass is 409 g/mol. The van der Waals surface area contributed by atoms with Gasteiger partial charge in [-0.1, -0.05) is 41.6 Å². The van der Waals surface area contributed by atoms with Crippen molar-refractivity contribution in [2.75, 3.05) is 12.9 Å². The number of hydrogen-bond donors (Lipinski definition) is 1. The number of rotatable bonds is 8. The average molecular weight is 410 g/mol. The highest BCUT2D eigenvalue weighted by molar-refractivity contribution is 7.99. The molecule has 1 saturated carbocycles. The molecule has 0 bridgehead atoms. The van der Waals surface area contributed by atoms with Crippen LogP contribution < -0.4 is 10.1 Å². The van der Waals surface area contributed by atoms with E-state index in [1.54, 1.807) is 11.8 Å². The van der Waals surface area contributed by atoms with Crippen LogP contribution in [0.4, 0.5) is 0 Å². The summed E-state index contributed by atoms with van der Waals surface area (Å²) in [6.07, 6.45) is 2.27. The van der Waals surface area contributed by atoms with Gasteiger partial charge in [0.05, 0.1) is 24.6 Å². The molecule has 8 heteroatoms. The summed E-state index contributed by atoms with van der Waals surface area (Å²) in [4.78, 5) is 12.6. The fourth-order valence-corrected chi connectivity index (χ4v) is 3.88. The zero-order chi connectivity index (χ0) is 20.2. The summed E-state index contributed by atoms with van der Waals surface area (Å²) >= 11 is 1.33. The Kier molecular flexibility index (Phi) is 5.80. The lowest BCUT2D eigenvalue weighted by Gasteiger charge is -2.19. The van der Waals surface area contributed by atoms with Gasteiger partial charge in [-0.25, -0.2) is 0 Å². The van der Waals surface area contributed by atoms with Gasteiger partial charge < -0.3 is 10.1 Å². The lowest BCUT2D eigenvalue weighted by molar-refractivity contribution is -0.119. The first-order chi connectivity index (χ1) is 14.1. The Morgan fingerprint density at radius 2 is 1.93 bits per heavy atom. The second-order valence-electron chi connectivity index (χ2n) is 7.15. The molecule has 1 amide bonds. The lowest BCUT2D eigenvalue weighted by atomic mass is 10.0.